The average molecular weight is 289 g/mol. The first-order valence-corrected chi connectivity index (χ1v) is 6.45. The van der Waals surface area contributed by atoms with Gasteiger partial charge in [-0.05, 0) is 36.1 Å². The SMILES string of the molecule is Cc1csc(C(NN)c2cc(F)ccc2F)c1Cl. The van der Waals surface area contributed by atoms with Crippen LogP contribution in [0.4, 0.5) is 8.78 Å². The summed E-state index contributed by atoms with van der Waals surface area (Å²) in [5, 5.41) is 2.37. The third kappa shape index (κ3) is 2.40. The first kappa shape index (κ1) is 13.4. The van der Waals surface area contributed by atoms with Crippen molar-refractivity contribution in [3.05, 3.63) is 56.2 Å². The number of nitrogens with two attached hydrogens (primary N) is 1. The summed E-state index contributed by atoms with van der Waals surface area (Å²) in [6, 6.07) is 2.59. The monoisotopic (exact) mass is 288 g/mol. The molecule has 0 aliphatic rings. The van der Waals surface area contributed by atoms with Crippen LogP contribution in [0.25, 0.3) is 0 Å². The average Bonchev–Trinajstić information content (AvgIpc) is 2.67. The highest BCUT2D eigenvalue weighted by Gasteiger charge is 2.22. The molecule has 0 aliphatic carbocycles. The molecule has 1 atom stereocenters. The fourth-order valence-electron chi connectivity index (χ4n) is 1.69. The lowest BCUT2D eigenvalue weighted by atomic mass is 10.0. The van der Waals surface area contributed by atoms with Gasteiger partial charge in [-0.25, -0.2) is 14.2 Å². The van der Waals surface area contributed by atoms with Crippen LogP contribution in [0, 0.1) is 18.6 Å². The van der Waals surface area contributed by atoms with Gasteiger partial charge in [0.25, 0.3) is 0 Å². The fourth-order valence-corrected chi connectivity index (χ4v) is 3.07. The molecule has 2 rings (SSSR count). The number of rotatable bonds is 3. The van der Waals surface area contributed by atoms with Crippen molar-refractivity contribution >= 4 is 22.9 Å². The van der Waals surface area contributed by atoms with Crippen LogP contribution < -0.4 is 11.3 Å². The molecule has 1 aromatic heterocycles. The number of thiophene rings is 1. The van der Waals surface area contributed by atoms with Crippen molar-refractivity contribution in [2.45, 2.75) is 13.0 Å². The molecule has 1 unspecified atom stereocenters. The number of hydrogen-bond donors (Lipinski definition) is 2. The Labute approximate surface area is 112 Å². The van der Waals surface area contributed by atoms with E-state index in [0.29, 0.717) is 9.90 Å². The van der Waals surface area contributed by atoms with E-state index in [9.17, 15) is 8.78 Å². The third-order valence-corrected chi connectivity index (χ3v) is 4.40. The molecule has 0 saturated carbocycles. The van der Waals surface area contributed by atoms with Crippen LogP contribution in [0.5, 0.6) is 0 Å². The zero-order chi connectivity index (χ0) is 13.3. The molecule has 18 heavy (non-hydrogen) atoms. The molecule has 0 amide bonds. The topological polar surface area (TPSA) is 38.0 Å². The van der Waals surface area contributed by atoms with Gasteiger partial charge in [0.05, 0.1) is 11.1 Å². The highest BCUT2D eigenvalue weighted by atomic mass is 35.5. The number of benzene rings is 1. The molecule has 0 aliphatic heterocycles. The molecule has 0 bridgehead atoms. The van der Waals surface area contributed by atoms with Gasteiger partial charge in [0.2, 0.25) is 0 Å². The Kier molecular flexibility index (Phi) is 3.97. The minimum atomic E-state index is -0.660. The van der Waals surface area contributed by atoms with Crippen molar-refractivity contribution in [1.82, 2.24) is 5.43 Å². The maximum atomic E-state index is 13.7. The van der Waals surface area contributed by atoms with E-state index in [4.69, 9.17) is 17.4 Å². The Morgan fingerprint density at radius 1 is 1.39 bits per heavy atom. The molecule has 3 N–H and O–H groups in total. The smallest absolute Gasteiger partial charge is 0.128 e. The van der Waals surface area contributed by atoms with Gasteiger partial charge in [0, 0.05) is 10.4 Å². The van der Waals surface area contributed by atoms with E-state index in [0.717, 1.165) is 23.8 Å². The van der Waals surface area contributed by atoms with E-state index in [1.165, 1.54) is 11.3 Å². The second kappa shape index (κ2) is 5.32. The van der Waals surface area contributed by atoms with Crippen LogP contribution in [0.2, 0.25) is 5.02 Å². The number of nitrogens with one attached hydrogen (secondary N) is 1. The second-order valence-electron chi connectivity index (χ2n) is 3.86. The normalized spacial score (nSPS) is 12.7. The first-order chi connectivity index (χ1) is 8.54. The van der Waals surface area contributed by atoms with E-state index in [1.807, 2.05) is 12.3 Å². The second-order valence-corrected chi connectivity index (χ2v) is 5.15. The van der Waals surface area contributed by atoms with Crippen LogP contribution in [-0.4, -0.2) is 0 Å². The number of hydrazine groups is 1. The summed E-state index contributed by atoms with van der Waals surface area (Å²) < 4.78 is 26.9. The molecule has 1 heterocycles. The van der Waals surface area contributed by atoms with Crippen LogP contribution in [0.3, 0.4) is 0 Å². The molecule has 96 valence electrons. The van der Waals surface area contributed by atoms with E-state index in [2.05, 4.69) is 5.43 Å². The maximum absolute atomic E-state index is 13.7. The van der Waals surface area contributed by atoms with Crippen molar-refractivity contribution in [2.75, 3.05) is 0 Å². The molecule has 2 aromatic rings. The minimum absolute atomic E-state index is 0.140. The van der Waals surface area contributed by atoms with Crippen molar-refractivity contribution in [3.8, 4) is 0 Å². The maximum Gasteiger partial charge on any atom is 0.128 e. The molecule has 0 fully saturated rings. The Bertz CT molecular complexity index is 571. The predicted octanol–water partition coefficient (Wildman–Crippen LogP) is 3.54. The summed E-state index contributed by atoms with van der Waals surface area (Å²) in [6.07, 6.45) is 0. The lowest BCUT2D eigenvalue weighted by molar-refractivity contribution is 0.549. The van der Waals surface area contributed by atoms with Crippen molar-refractivity contribution in [3.63, 3.8) is 0 Å². The molecular weight excluding hydrogens is 278 g/mol. The molecular formula is C12H11ClF2N2S. The van der Waals surface area contributed by atoms with Crippen LogP contribution in [0.1, 0.15) is 22.0 Å². The van der Waals surface area contributed by atoms with Crippen LogP contribution in [0.15, 0.2) is 23.6 Å². The summed E-state index contributed by atoms with van der Waals surface area (Å²) in [6.45, 7) is 1.85. The molecule has 1 aromatic carbocycles. The first-order valence-electron chi connectivity index (χ1n) is 5.19. The van der Waals surface area contributed by atoms with Gasteiger partial charge >= 0.3 is 0 Å². The third-order valence-electron chi connectivity index (χ3n) is 2.62. The lowest BCUT2D eigenvalue weighted by Crippen LogP contribution is -2.29. The van der Waals surface area contributed by atoms with Gasteiger partial charge in [-0.3, -0.25) is 5.84 Å². The Morgan fingerprint density at radius 3 is 2.67 bits per heavy atom. The van der Waals surface area contributed by atoms with Gasteiger partial charge < -0.3 is 0 Å². The number of hydrogen-bond acceptors (Lipinski definition) is 3. The molecule has 0 radical (unpaired) electrons. The highest BCUT2D eigenvalue weighted by molar-refractivity contribution is 7.10. The van der Waals surface area contributed by atoms with E-state index < -0.39 is 17.7 Å². The van der Waals surface area contributed by atoms with Gasteiger partial charge in [0.1, 0.15) is 11.6 Å². The van der Waals surface area contributed by atoms with Crippen LogP contribution in [-0.2, 0) is 0 Å². The predicted molar refractivity (Wildman–Crippen MR) is 69.6 cm³/mol. The van der Waals surface area contributed by atoms with Gasteiger partial charge in [0.15, 0.2) is 0 Å². The summed E-state index contributed by atoms with van der Waals surface area (Å²) in [7, 11) is 0. The largest absolute Gasteiger partial charge is 0.271 e. The van der Waals surface area contributed by atoms with Crippen molar-refractivity contribution in [1.29, 1.82) is 0 Å². The zero-order valence-electron chi connectivity index (χ0n) is 9.51. The molecule has 0 saturated heterocycles. The van der Waals surface area contributed by atoms with E-state index >= 15 is 0 Å². The fraction of sp³-hybridized carbons (Fsp3) is 0.167. The van der Waals surface area contributed by atoms with Gasteiger partial charge in [-0.15, -0.1) is 11.3 Å². The Morgan fingerprint density at radius 2 is 2.11 bits per heavy atom. The molecule has 2 nitrogen and oxygen atoms in total. The summed E-state index contributed by atoms with van der Waals surface area (Å²) in [5.74, 6) is 4.40. The van der Waals surface area contributed by atoms with Gasteiger partial charge in [-0.2, -0.15) is 0 Å². The summed E-state index contributed by atoms with van der Waals surface area (Å²) >= 11 is 7.48. The zero-order valence-corrected chi connectivity index (χ0v) is 11.1. The summed E-state index contributed by atoms with van der Waals surface area (Å²) in [5.41, 5.74) is 3.50. The lowest BCUT2D eigenvalue weighted by Gasteiger charge is -2.16. The molecule has 0 spiro atoms. The summed E-state index contributed by atoms with van der Waals surface area (Å²) in [4.78, 5) is 0.668. The number of halogens is 3. The van der Waals surface area contributed by atoms with Gasteiger partial charge in [-0.1, -0.05) is 11.6 Å². The highest BCUT2D eigenvalue weighted by Crippen LogP contribution is 2.36. The molecule has 6 heteroatoms. The Hall–Kier alpha value is -1.01. The quantitative estimate of drug-likeness (QED) is 0.670. The van der Waals surface area contributed by atoms with Crippen LogP contribution >= 0.6 is 22.9 Å². The van der Waals surface area contributed by atoms with E-state index in [-0.39, 0.29) is 5.56 Å². The Balaban J connectivity index is 2.51. The van der Waals surface area contributed by atoms with E-state index in [1.54, 1.807) is 0 Å². The van der Waals surface area contributed by atoms with Crippen molar-refractivity contribution in [2.24, 2.45) is 5.84 Å². The standard InChI is InChI=1S/C12H11ClF2N2S/c1-6-5-18-12(10(6)13)11(17-16)8-4-7(14)2-3-9(8)15/h2-5,11,17H,16H2,1H3. The number of aryl methyl sites for hydroxylation is 1. The van der Waals surface area contributed by atoms with Crippen molar-refractivity contribution < 1.29 is 8.78 Å². The minimum Gasteiger partial charge on any atom is -0.271 e.